The first-order valence-electron chi connectivity index (χ1n) is 7.05. The van der Waals surface area contributed by atoms with Crippen molar-refractivity contribution in [2.75, 3.05) is 45.2 Å². The van der Waals surface area contributed by atoms with Crippen LogP contribution in [0, 0.1) is 10.1 Å². The fourth-order valence-corrected chi connectivity index (χ4v) is 2.27. The summed E-state index contributed by atoms with van der Waals surface area (Å²) in [6, 6.07) is 4.81. The van der Waals surface area contributed by atoms with Gasteiger partial charge in [0, 0.05) is 37.5 Å². The van der Waals surface area contributed by atoms with Gasteiger partial charge in [0.05, 0.1) is 24.2 Å². The largest absolute Gasteiger partial charge is 0.487 e. The first-order chi connectivity index (χ1) is 10.1. The molecule has 21 heavy (non-hydrogen) atoms. The monoisotopic (exact) mass is 295 g/mol. The number of hydrogen-bond acceptors (Lipinski definition) is 6. The Morgan fingerprint density at radius 3 is 3.05 bits per heavy atom. The van der Waals surface area contributed by atoms with Crippen LogP contribution in [0.4, 0.5) is 11.4 Å². The van der Waals surface area contributed by atoms with Crippen LogP contribution in [0.5, 0.6) is 5.75 Å². The van der Waals surface area contributed by atoms with E-state index < -0.39 is 4.92 Å². The third kappa shape index (κ3) is 4.30. The topological polar surface area (TPSA) is 76.9 Å². The molecule has 0 spiro atoms. The molecule has 2 rings (SSSR count). The summed E-state index contributed by atoms with van der Waals surface area (Å²) in [5, 5.41) is 14.2. The Morgan fingerprint density at radius 2 is 2.38 bits per heavy atom. The summed E-state index contributed by atoms with van der Waals surface area (Å²) >= 11 is 0. The standard InChI is InChI=1S/C14H21N3O4/c1-3-20-14-8-11(4-5-13(14)17(18)19)15-9-12-10-16(2)6-7-21-12/h4-5,8,12,15H,3,6-7,9-10H2,1-2H3. The number of morpholine rings is 1. The predicted molar refractivity (Wildman–Crippen MR) is 80.0 cm³/mol. The van der Waals surface area contributed by atoms with Gasteiger partial charge in [0.15, 0.2) is 5.75 Å². The molecule has 1 aliphatic rings. The van der Waals surface area contributed by atoms with Crippen molar-refractivity contribution < 1.29 is 14.4 Å². The fraction of sp³-hybridized carbons (Fsp3) is 0.571. The third-order valence-electron chi connectivity index (χ3n) is 3.33. The first-order valence-corrected chi connectivity index (χ1v) is 7.05. The van der Waals surface area contributed by atoms with Gasteiger partial charge >= 0.3 is 5.69 Å². The van der Waals surface area contributed by atoms with Crippen molar-refractivity contribution in [2.24, 2.45) is 0 Å². The Hall–Kier alpha value is -1.86. The van der Waals surface area contributed by atoms with Crippen molar-refractivity contribution in [1.82, 2.24) is 4.90 Å². The van der Waals surface area contributed by atoms with E-state index in [1.54, 1.807) is 19.1 Å². The SMILES string of the molecule is CCOc1cc(NCC2CN(C)CCO2)ccc1[N+](=O)[O-]. The number of rotatable bonds is 6. The zero-order chi connectivity index (χ0) is 15.2. The van der Waals surface area contributed by atoms with Gasteiger partial charge in [0.1, 0.15) is 0 Å². The molecule has 0 aliphatic carbocycles. The van der Waals surface area contributed by atoms with Crippen LogP contribution in [0.15, 0.2) is 18.2 Å². The fourth-order valence-electron chi connectivity index (χ4n) is 2.27. The number of hydrogen-bond donors (Lipinski definition) is 1. The summed E-state index contributed by atoms with van der Waals surface area (Å²) in [6.07, 6.45) is 0.120. The Morgan fingerprint density at radius 1 is 1.57 bits per heavy atom. The highest BCUT2D eigenvalue weighted by Gasteiger charge is 2.19. The van der Waals surface area contributed by atoms with Crippen LogP contribution < -0.4 is 10.1 Å². The minimum atomic E-state index is -0.437. The molecule has 7 nitrogen and oxygen atoms in total. The Kier molecular flexibility index (Phi) is 5.35. The normalized spacial score (nSPS) is 19.2. The molecule has 1 N–H and O–H groups in total. The first kappa shape index (κ1) is 15.5. The van der Waals surface area contributed by atoms with Crippen molar-refractivity contribution in [3.8, 4) is 5.75 Å². The van der Waals surface area contributed by atoms with Gasteiger partial charge in [0.2, 0.25) is 0 Å². The van der Waals surface area contributed by atoms with E-state index in [1.807, 2.05) is 0 Å². The maximum Gasteiger partial charge on any atom is 0.311 e. The number of nitrogens with zero attached hydrogens (tertiary/aromatic N) is 2. The van der Waals surface area contributed by atoms with Gasteiger partial charge in [-0.25, -0.2) is 0 Å². The molecular formula is C14H21N3O4. The zero-order valence-corrected chi connectivity index (χ0v) is 12.4. The third-order valence-corrected chi connectivity index (χ3v) is 3.33. The summed E-state index contributed by atoms with van der Waals surface area (Å²) in [4.78, 5) is 12.7. The summed E-state index contributed by atoms with van der Waals surface area (Å²) in [5.74, 6) is 0.286. The summed E-state index contributed by atoms with van der Waals surface area (Å²) < 4.78 is 11.0. The molecule has 1 unspecified atom stereocenters. The lowest BCUT2D eigenvalue weighted by Gasteiger charge is -2.30. The van der Waals surface area contributed by atoms with Gasteiger partial charge in [-0.05, 0) is 20.0 Å². The van der Waals surface area contributed by atoms with Crippen LogP contribution >= 0.6 is 0 Å². The number of nitro benzene ring substituents is 1. The average molecular weight is 295 g/mol. The number of likely N-dealkylation sites (N-methyl/N-ethyl adjacent to an activating group) is 1. The van der Waals surface area contributed by atoms with Crippen LogP contribution in [0.3, 0.4) is 0 Å². The summed E-state index contributed by atoms with van der Waals surface area (Å²) in [7, 11) is 2.06. The second-order valence-corrected chi connectivity index (χ2v) is 5.01. The lowest BCUT2D eigenvalue weighted by atomic mass is 10.2. The summed E-state index contributed by atoms with van der Waals surface area (Å²) in [5.41, 5.74) is 0.775. The molecule has 0 bridgehead atoms. The van der Waals surface area contributed by atoms with Crippen molar-refractivity contribution in [2.45, 2.75) is 13.0 Å². The Balaban J connectivity index is 1.99. The lowest BCUT2D eigenvalue weighted by molar-refractivity contribution is -0.385. The van der Waals surface area contributed by atoms with Crippen molar-refractivity contribution in [3.05, 3.63) is 28.3 Å². The highest BCUT2D eigenvalue weighted by Crippen LogP contribution is 2.30. The second kappa shape index (κ2) is 7.24. The Bertz CT molecular complexity index is 495. The van der Waals surface area contributed by atoms with Crippen molar-refractivity contribution in [3.63, 3.8) is 0 Å². The number of anilines is 1. The number of nitrogens with one attached hydrogen (secondary N) is 1. The molecule has 0 amide bonds. The number of nitro groups is 1. The highest BCUT2D eigenvalue weighted by molar-refractivity contribution is 5.58. The van der Waals surface area contributed by atoms with E-state index in [9.17, 15) is 10.1 Å². The van der Waals surface area contributed by atoms with Crippen LogP contribution in [0.1, 0.15) is 6.92 Å². The molecule has 1 aromatic carbocycles. The van der Waals surface area contributed by atoms with Crippen LogP contribution in [-0.4, -0.2) is 55.8 Å². The minimum absolute atomic E-state index is 0.0175. The molecule has 1 aliphatic heterocycles. The molecular weight excluding hydrogens is 274 g/mol. The van der Waals surface area contributed by atoms with E-state index in [4.69, 9.17) is 9.47 Å². The molecule has 0 radical (unpaired) electrons. The zero-order valence-electron chi connectivity index (χ0n) is 12.4. The van der Waals surface area contributed by atoms with Gasteiger partial charge in [-0.15, -0.1) is 0 Å². The van der Waals surface area contributed by atoms with Gasteiger partial charge < -0.3 is 19.7 Å². The van der Waals surface area contributed by atoms with E-state index in [-0.39, 0.29) is 17.5 Å². The number of benzene rings is 1. The maximum atomic E-state index is 10.9. The van der Waals surface area contributed by atoms with Crippen molar-refractivity contribution >= 4 is 11.4 Å². The molecule has 0 aromatic heterocycles. The second-order valence-electron chi connectivity index (χ2n) is 5.01. The van der Waals surface area contributed by atoms with Crippen LogP contribution in [0.25, 0.3) is 0 Å². The van der Waals surface area contributed by atoms with Gasteiger partial charge in [0.25, 0.3) is 0 Å². The smallest absolute Gasteiger partial charge is 0.311 e. The molecule has 1 saturated heterocycles. The molecule has 1 atom stereocenters. The Labute approximate surface area is 124 Å². The maximum absolute atomic E-state index is 10.9. The molecule has 116 valence electrons. The van der Waals surface area contributed by atoms with E-state index in [0.29, 0.717) is 13.2 Å². The predicted octanol–water partition coefficient (Wildman–Crippen LogP) is 1.74. The number of ether oxygens (including phenoxy) is 2. The molecule has 1 fully saturated rings. The van der Waals surface area contributed by atoms with Gasteiger partial charge in [-0.2, -0.15) is 0 Å². The van der Waals surface area contributed by atoms with Gasteiger partial charge in [-0.1, -0.05) is 0 Å². The highest BCUT2D eigenvalue weighted by atomic mass is 16.6. The summed E-state index contributed by atoms with van der Waals surface area (Å²) in [6.45, 7) is 5.40. The minimum Gasteiger partial charge on any atom is -0.487 e. The van der Waals surface area contributed by atoms with E-state index in [0.717, 1.165) is 25.4 Å². The van der Waals surface area contributed by atoms with Crippen LogP contribution in [0.2, 0.25) is 0 Å². The van der Waals surface area contributed by atoms with Crippen molar-refractivity contribution in [1.29, 1.82) is 0 Å². The molecule has 0 saturated carbocycles. The molecule has 7 heteroatoms. The lowest BCUT2D eigenvalue weighted by Crippen LogP contribution is -2.43. The van der Waals surface area contributed by atoms with Crippen LogP contribution in [-0.2, 0) is 4.74 Å². The van der Waals surface area contributed by atoms with E-state index in [1.165, 1.54) is 6.07 Å². The average Bonchev–Trinajstić information content (AvgIpc) is 2.45. The van der Waals surface area contributed by atoms with Gasteiger partial charge in [-0.3, -0.25) is 10.1 Å². The quantitative estimate of drug-likeness (QED) is 0.636. The van der Waals surface area contributed by atoms with E-state index >= 15 is 0 Å². The molecule has 1 aromatic rings. The molecule has 1 heterocycles. The van der Waals surface area contributed by atoms with E-state index in [2.05, 4.69) is 17.3 Å².